The molecule has 0 saturated heterocycles. The van der Waals surface area contributed by atoms with Crippen molar-refractivity contribution in [3.63, 3.8) is 0 Å². The molecular weight excluding hydrogens is 361 g/mol. The van der Waals surface area contributed by atoms with E-state index in [0.29, 0.717) is 11.5 Å². The standard InChI is InChI=1S/C17H16FN3O4S/c1-24-12-4-3-5-13(25-2)14(12)16(23)19-17(26)21-20-15(22)10-6-8-11(18)9-7-10/h3-9H,1-2H3,(H,20,22)(H2,19,21,23,26). The number of hydrazine groups is 1. The van der Waals surface area contributed by atoms with Crippen molar-refractivity contribution in [2.45, 2.75) is 0 Å². The molecular formula is C17H16FN3O4S. The lowest BCUT2D eigenvalue weighted by atomic mass is 10.1. The van der Waals surface area contributed by atoms with E-state index in [9.17, 15) is 14.0 Å². The van der Waals surface area contributed by atoms with Gasteiger partial charge in [-0.25, -0.2) is 4.39 Å². The van der Waals surface area contributed by atoms with E-state index in [1.165, 1.54) is 26.4 Å². The maximum Gasteiger partial charge on any atom is 0.269 e. The van der Waals surface area contributed by atoms with Crippen LogP contribution in [0.4, 0.5) is 4.39 Å². The first-order valence-corrected chi connectivity index (χ1v) is 7.75. The third kappa shape index (κ3) is 4.67. The third-order valence-electron chi connectivity index (χ3n) is 3.28. The molecule has 0 saturated carbocycles. The Balaban J connectivity index is 1.99. The minimum Gasteiger partial charge on any atom is -0.496 e. The molecule has 0 heterocycles. The molecule has 26 heavy (non-hydrogen) atoms. The fraction of sp³-hybridized carbons (Fsp3) is 0.118. The van der Waals surface area contributed by atoms with Crippen LogP contribution in [-0.4, -0.2) is 31.1 Å². The Hall–Kier alpha value is -3.20. The van der Waals surface area contributed by atoms with Crippen molar-refractivity contribution in [2.75, 3.05) is 14.2 Å². The molecule has 7 nitrogen and oxygen atoms in total. The van der Waals surface area contributed by atoms with Gasteiger partial charge in [-0.2, -0.15) is 0 Å². The number of rotatable bonds is 4. The smallest absolute Gasteiger partial charge is 0.269 e. The van der Waals surface area contributed by atoms with E-state index < -0.39 is 17.6 Å². The van der Waals surface area contributed by atoms with E-state index in [2.05, 4.69) is 16.2 Å². The SMILES string of the molecule is COc1cccc(OC)c1C(=O)NC(=S)NNC(=O)c1ccc(F)cc1. The normalized spacial score (nSPS) is 9.81. The van der Waals surface area contributed by atoms with E-state index in [4.69, 9.17) is 21.7 Å². The van der Waals surface area contributed by atoms with Gasteiger partial charge in [-0.05, 0) is 48.6 Å². The number of halogens is 1. The van der Waals surface area contributed by atoms with E-state index >= 15 is 0 Å². The molecule has 0 aliphatic heterocycles. The van der Waals surface area contributed by atoms with Crippen LogP contribution < -0.4 is 25.6 Å². The Kier molecular flexibility index (Phi) is 6.45. The molecule has 2 rings (SSSR count). The molecule has 2 aromatic carbocycles. The molecule has 2 amide bonds. The molecule has 0 atom stereocenters. The molecule has 3 N–H and O–H groups in total. The van der Waals surface area contributed by atoms with Crippen molar-refractivity contribution in [1.82, 2.24) is 16.2 Å². The zero-order valence-corrected chi connectivity index (χ0v) is 14.8. The van der Waals surface area contributed by atoms with Crippen LogP contribution in [-0.2, 0) is 0 Å². The van der Waals surface area contributed by atoms with Crippen molar-refractivity contribution in [3.8, 4) is 11.5 Å². The van der Waals surface area contributed by atoms with Gasteiger partial charge < -0.3 is 9.47 Å². The molecule has 0 aliphatic rings. The van der Waals surface area contributed by atoms with Crippen LogP contribution in [0.5, 0.6) is 11.5 Å². The monoisotopic (exact) mass is 377 g/mol. The molecule has 0 spiro atoms. The predicted octanol–water partition coefficient (Wildman–Crippen LogP) is 1.79. The molecule has 0 aromatic heterocycles. The van der Waals surface area contributed by atoms with Gasteiger partial charge in [-0.3, -0.25) is 25.8 Å². The van der Waals surface area contributed by atoms with Gasteiger partial charge >= 0.3 is 0 Å². The number of carbonyl (C=O) groups excluding carboxylic acids is 2. The number of methoxy groups -OCH3 is 2. The average molecular weight is 377 g/mol. The maximum absolute atomic E-state index is 12.9. The Bertz CT molecular complexity index is 805. The first-order valence-electron chi connectivity index (χ1n) is 7.34. The highest BCUT2D eigenvalue weighted by molar-refractivity contribution is 7.80. The Morgan fingerprint density at radius 2 is 1.50 bits per heavy atom. The lowest BCUT2D eigenvalue weighted by Crippen LogP contribution is -2.48. The molecule has 0 radical (unpaired) electrons. The van der Waals surface area contributed by atoms with Crippen LogP contribution in [0.25, 0.3) is 0 Å². The summed E-state index contributed by atoms with van der Waals surface area (Å²) in [5, 5.41) is 2.27. The number of hydrogen-bond donors (Lipinski definition) is 3. The van der Waals surface area contributed by atoms with Crippen molar-refractivity contribution in [3.05, 3.63) is 59.4 Å². The fourth-order valence-corrected chi connectivity index (χ4v) is 2.20. The summed E-state index contributed by atoms with van der Waals surface area (Å²) in [6, 6.07) is 9.82. The summed E-state index contributed by atoms with van der Waals surface area (Å²) >= 11 is 4.98. The summed E-state index contributed by atoms with van der Waals surface area (Å²) in [6.45, 7) is 0. The predicted molar refractivity (Wildman–Crippen MR) is 96.6 cm³/mol. The molecule has 0 aliphatic carbocycles. The molecule has 9 heteroatoms. The summed E-state index contributed by atoms with van der Waals surface area (Å²) in [5.74, 6) is -0.965. The van der Waals surface area contributed by atoms with Gasteiger partial charge in [0.05, 0.1) is 14.2 Å². The quantitative estimate of drug-likeness (QED) is 0.556. The second-order valence-electron chi connectivity index (χ2n) is 4.91. The molecule has 2 aromatic rings. The Morgan fingerprint density at radius 1 is 0.923 bits per heavy atom. The zero-order chi connectivity index (χ0) is 19.1. The Morgan fingerprint density at radius 3 is 2.04 bits per heavy atom. The number of benzene rings is 2. The minimum absolute atomic E-state index is 0.140. The average Bonchev–Trinajstić information content (AvgIpc) is 2.65. The second-order valence-corrected chi connectivity index (χ2v) is 5.32. The molecule has 0 bridgehead atoms. The van der Waals surface area contributed by atoms with Gasteiger partial charge in [0.15, 0.2) is 5.11 Å². The summed E-state index contributed by atoms with van der Waals surface area (Å²) in [6.07, 6.45) is 0. The first-order chi connectivity index (χ1) is 12.5. The van der Waals surface area contributed by atoms with Crippen LogP contribution in [0.3, 0.4) is 0 Å². The van der Waals surface area contributed by atoms with Crippen LogP contribution in [0.15, 0.2) is 42.5 Å². The number of carbonyl (C=O) groups is 2. The van der Waals surface area contributed by atoms with Gasteiger partial charge in [-0.15, -0.1) is 0 Å². The lowest BCUT2D eigenvalue weighted by Gasteiger charge is -2.14. The number of amides is 2. The number of thiocarbonyl (C=S) groups is 1. The van der Waals surface area contributed by atoms with Crippen LogP contribution in [0.2, 0.25) is 0 Å². The number of hydrogen-bond acceptors (Lipinski definition) is 5. The minimum atomic E-state index is -0.576. The molecule has 136 valence electrons. The van der Waals surface area contributed by atoms with E-state index in [0.717, 1.165) is 12.1 Å². The second kappa shape index (κ2) is 8.77. The maximum atomic E-state index is 12.9. The van der Waals surface area contributed by atoms with Crippen LogP contribution >= 0.6 is 12.2 Å². The summed E-state index contributed by atoms with van der Waals surface area (Å²) in [5.41, 5.74) is 5.08. The largest absolute Gasteiger partial charge is 0.496 e. The summed E-state index contributed by atoms with van der Waals surface area (Å²) in [7, 11) is 2.84. The van der Waals surface area contributed by atoms with Gasteiger partial charge in [0.25, 0.3) is 11.8 Å². The van der Waals surface area contributed by atoms with Gasteiger partial charge in [0.2, 0.25) is 0 Å². The van der Waals surface area contributed by atoms with Crippen molar-refractivity contribution in [1.29, 1.82) is 0 Å². The van der Waals surface area contributed by atoms with Gasteiger partial charge in [0.1, 0.15) is 22.9 Å². The van der Waals surface area contributed by atoms with Crippen molar-refractivity contribution in [2.24, 2.45) is 0 Å². The van der Waals surface area contributed by atoms with E-state index in [1.54, 1.807) is 18.2 Å². The highest BCUT2D eigenvalue weighted by Gasteiger charge is 2.19. The summed E-state index contributed by atoms with van der Waals surface area (Å²) < 4.78 is 23.2. The van der Waals surface area contributed by atoms with Gasteiger partial charge in [0, 0.05) is 5.56 Å². The highest BCUT2D eigenvalue weighted by atomic mass is 32.1. The number of ether oxygens (including phenoxy) is 2. The van der Waals surface area contributed by atoms with Crippen LogP contribution in [0, 0.1) is 5.82 Å². The van der Waals surface area contributed by atoms with E-state index in [1.807, 2.05) is 0 Å². The first kappa shape index (κ1) is 19.1. The molecule has 0 fully saturated rings. The van der Waals surface area contributed by atoms with E-state index in [-0.39, 0.29) is 16.2 Å². The summed E-state index contributed by atoms with van der Waals surface area (Å²) in [4.78, 5) is 24.3. The topological polar surface area (TPSA) is 88.7 Å². The number of nitrogens with one attached hydrogen (secondary N) is 3. The van der Waals surface area contributed by atoms with Crippen LogP contribution in [0.1, 0.15) is 20.7 Å². The Labute approximate surface area is 154 Å². The molecule has 0 unspecified atom stereocenters. The lowest BCUT2D eigenvalue weighted by molar-refractivity contribution is 0.0933. The fourth-order valence-electron chi connectivity index (χ4n) is 2.06. The van der Waals surface area contributed by atoms with Crippen molar-refractivity contribution < 1.29 is 23.5 Å². The zero-order valence-electron chi connectivity index (χ0n) is 14.0. The van der Waals surface area contributed by atoms with Crippen molar-refractivity contribution >= 4 is 29.1 Å². The van der Waals surface area contributed by atoms with Gasteiger partial charge in [-0.1, -0.05) is 6.07 Å². The third-order valence-corrected chi connectivity index (χ3v) is 3.48. The highest BCUT2D eigenvalue weighted by Crippen LogP contribution is 2.27.